The Kier molecular flexibility index (Phi) is 4.72. The van der Waals surface area contributed by atoms with Gasteiger partial charge in [0.05, 0.1) is 5.25 Å². The van der Waals surface area contributed by atoms with E-state index in [0.29, 0.717) is 6.54 Å². The molecule has 0 atom stereocenters. The molecule has 1 rings (SSSR count). The highest BCUT2D eigenvalue weighted by Gasteiger charge is 2.23. The second kappa shape index (κ2) is 5.86. The van der Waals surface area contributed by atoms with Gasteiger partial charge in [0.2, 0.25) is 0 Å². The molecule has 0 fully saturated rings. The van der Waals surface area contributed by atoms with Crippen LogP contribution in [0.15, 0.2) is 30.3 Å². The molecule has 0 aliphatic rings. The highest BCUT2D eigenvalue weighted by Crippen LogP contribution is 2.08. The molecule has 0 aliphatic carbocycles. The first kappa shape index (κ1) is 14.5. The van der Waals surface area contributed by atoms with E-state index in [0.717, 1.165) is 5.56 Å². The van der Waals surface area contributed by atoms with Gasteiger partial charge in [-0.15, -0.1) is 0 Å². The van der Waals surface area contributed by atoms with Gasteiger partial charge in [-0.3, -0.25) is 0 Å². The summed E-state index contributed by atoms with van der Waals surface area (Å²) < 4.78 is 27.3. The van der Waals surface area contributed by atoms with Gasteiger partial charge in [0, 0.05) is 13.6 Å². The Labute approximate surface area is 107 Å². The smallest absolute Gasteiger partial charge is 0.328 e. The molecular formula is C12H17NO4S. The van der Waals surface area contributed by atoms with Crippen molar-refractivity contribution in [2.24, 2.45) is 0 Å². The van der Waals surface area contributed by atoms with Crippen LogP contribution in [0.1, 0.15) is 19.4 Å². The number of benzene rings is 1. The zero-order valence-corrected chi connectivity index (χ0v) is 11.5. The Morgan fingerprint density at radius 2 is 1.83 bits per heavy atom. The van der Waals surface area contributed by atoms with Gasteiger partial charge in [-0.2, -0.15) is 8.42 Å². The first-order valence-electron chi connectivity index (χ1n) is 5.55. The van der Waals surface area contributed by atoms with E-state index in [4.69, 9.17) is 0 Å². The molecule has 1 aromatic rings. The highest BCUT2D eigenvalue weighted by atomic mass is 32.2. The van der Waals surface area contributed by atoms with Crippen LogP contribution in [0, 0.1) is 0 Å². The third kappa shape index (κ3) is 4.03. The molecule has 1 aromatic carbocycles. The van der Waals surface area contributed by atoms with Crippen LogP contribution in [-0.2, 0) is 20.8 Å². The molecule has 0 N–H and O–H groups in total. The maximum Gasteiger partial charge on any atom is 0.425 e. The molecule has 0 bridgehead atoms. The lowest BCUT2D eigenvalue weighted by Gasteiger charge is -2.17. The van der Waals surface area contributed by atoms with Crippen LogP contribution >= 0.6 is 0 Å². The van der Waals surface area contributed by atoms with E-state index < -0.39 is 21.5 Å². The quantitative estimate of drug-likeness (QED) is 0.786. The summed E-state index contributed by atoms with van der Waals surface area (Å²) in [5, 5.41) is -0.744. The largest absolute Gasteiger partial charge is 0.425 e. The molecule has 5 nitrogen and oxygen atoms in total. The summed E-state index contributed by atoms with van der Waals surface area (Å²) in [6.45, 7) is 3.22. The minimum absolute atomic E-state index is 0.299. The molecule has 18 heavy (non-hydrogen) atoms. The molecule has 1 amide bonds. The standard InChI is InChI=1S/C12H17NO4S/c1-10(2)18(15,16)17-12(14)13(3)9-11-7-5-4-6-8-11/h4-8,10H,9H2,1-3H3. The summed E-state index contributed by atoms with van der Waals surface area (Å²) >= 11 is 0. The van der Waals surface area contributed by atoms with Gasteiger partial charge in [-0.05, 0) is 19.4 Å². The van der Waals surface area contributed by atoms with E-state index in [9.17, 15) is 13.2 Å². The first-order chi connectivity index (χ1) is 8.33. The van der Waals surface area contributed by atoms with Crippen molar-refractivity contribution in [3.8, 4) is 0 Å². The summed E-state index contributed by atoms with van der Waals surface area (Å²) in [5.41, 5.74) is 0.902. The van der Waals surface area contributed by atoms with Crippen LogP contribution in [0.5, 0.6) is 0 Å². The lowest BCUT2D eigenvalue weighted by atomic mass is 10.2. The van der Waals surface area contributed by atoms with E-state index in [1.54, 1.807) is 0 Å². The van der Waals surface area contributed by atoms with Crippen LogP contribution in [-0.4, -0.2) is 31.7 Å². The van der Waals surface area contributed by atoms with E-state index in [-0.39, 0.29) is 0 Å². The molecule has 0 heterocycles. The van der Waals surface area contributed by atoms with Crippen molar-refractivity contribution in [3.05, 3.63) is 35.9 Å². The Hall–Kier alpha value is -1.56. The van der Waals surface area contributed by atoms with E-state index in [2.05, 4.69) is 4.18 Å². The summed E-state index contributed by atoms with van der Waals surface area (Å²) in [6, 6.07) is 9.26. The average Bonchev–Trinajstić information content (AvgIpc) is 2.29. The number of nitrogens with zero attached hydrogens (tertiary/aromatic N) is 1. The fourth-order valence-electron chi connectivity index (χ4n) is 1.18. The van der Waals surface area contributed by atoms with Crippen molar-refractivity contribution < 1.29 is 17.4 Å². The maximum atomic E-state index is 11.6. The molecule has 0 aliphatic heterocycles. The summed E-state index contributed by atoms with van der Waals surface area (Å²) in [6.07, 6.45) is -0.868. The minimum atomic E-state index is -3.83. The molecule has 0 radical (unpaired) electrons. The monoisotopic (exact) mass is 271 g/mol. The Bertz CT molecular complexity index is 496. The second-order valence-electron chi connectivity index (χ2n) is 4.23. The highest BCUT2D eigenvalue weighted by molar-refractivity contribution is 7.87. The van der Waals surface area contributed by atoms with Gasteiger partial charge in [0.25, 0.3) is 0 Å². The molecular weight excluding hydrogens is 254 g/mol. The van der Waals surface area contributed by atoms with Crippen LogP contribution < -0.4 is 0 Å². The van der Waals surface area contributed by atoms with Crippen LogP contribution in [0.4, 0.5) is 4.79 Å². The number of hydrogen-bond donors (Lipinski definition) is 0. The second-order valence-corrected chi connectivity index (χ2v) is 6.33. The molecule has 6 heteroatoms. The van der Waals surface area contributed by atoms with Crippen LogP contribution in [0.2, 0.25) is 0 Å². The zero-order valence-electron chi connectivity index (χ0n) is 10.7. The average molecular weight is 271 g/mol. The third-order valence-electron chi connectivity index (χ3n) is 2.34. The van der Waals surface area contributed by atoms with E-state index >= 15 is 0 Å². The topological polar surface area (TPSA) is 63.7 Å². The van der Waals surface area contributed by atoms with Gasteiger partial charge in [0.1, 0.15) is 0 Å². The summed E-state index contributed by atoms with van der Waals surface area (Å²) in [4.78, 5) is 12.8. The lowest BCUT2D eigenvalue weighted by Crippen LogP contribution is -2.31. The lowest BCUT2D eigenvalue weighted by molar-refractivity contribution is 0.162. The van der Waals surface area contributed by atoms with E-state index in [1.165, 1.54) is 25.8 Å². The van der Waals surface area contributed by atoms with Crippen molar-refractivity contribution in [1.29, 1.82) is 0 Å². The minimum Gasteiger partial charge on any atom is -0.328 e. The Balaban J connectivity index is 2.63. The fourth-order valence-corrected chi connectivity index (χ4v) is 1.70. The normalized spacial score (nSPS) is 11.3. The number of amides is 1. The number of carbonyl (C=O) groups is 1. The Morgan fingerprint density at radius 1 is 1.28 bits per heavy atom. The van der Waals surface area contributed by atoms with Gasteiger partial charge < -0.3 is 9.08 Å². The van der Waals surface area contributed by atoms with Crippen LogP contribution in [0.3, 0.4) is 0 Å². The first-order valence-corrected chi connectivity index (χ1v) is 7.02. The molecule has 0 unspecified atom stereocenters. The zero-order chi connectivity index (χ0) is 13.8. The van der Waals surface area contributed by atoms with Crippen molar-refractivity contribution in [2.45, 2.75) is 25.6 Å². The fraction of sp³-hybridized carbons (Fsp3) is 0.417. The van der Waals surface area contributed by atoms with E-state index in [1.807, 2.05) is 30.3 Å². The molecule has 100 valence electrons. The molecule has 0 spiro atoms. The third-order valence-corrected chi connectivity index (χ3v) is 3.87. The van der Waals surface area contributed by atoms with Crippen molar-refractivity contribution in [3.63, 3.8) is 0 Å². The molecule has 0 saturated carbocycles. The molecule has 0 saturated heterocycles. The van der Waals surface area contributed by atoms with Crippen LogP contribution in [0.25, 0.3) is 0 Å². The number of rotatable bonds is 4. The van der Waals surface area contributed by atoms with Crippen molar-refractivity contribution in [2.75, 3.05) is 7.05 Å². The van der Waals surface area contributed by atoms with Gasteiger partial charge in [0.15, 0.2) is 0 Å². The Morgan fingerprint density at radius 3 is 2.33 bits per heavy atom. The number of hydrogen-bond acceptors (Lipinski definition) is 4. The van der Waals surface area contributed by atoms with Gasteiger partial charge in [-0.25, -0.2) is 4.79 Å². The number of carbonyl (C=O) groups excluding carboxylic acids is 1. The van der Waals surface area contributed by atoms with Crippen molar-refractivity contribution >= 4 is 16.2 Å². The predicted molar refractivity (Wildman–Crippen MR) is 68.4 cm³/mol. The van der Waals surface area contributed by atoms with Gasteiger partial charge >= 0.3 is 16.2 Å². The molecule has 0 aromatic heterocycles. The SMILES string of the molecule is CC(C)S(=O)(=O)OC(=O)N(C)Cc1ccccc1. The summed E-state index contributed by atoms with van der Waals surface area (Å²) in [7, 11) is -2.33. The van der Waals surface area contributed by atoms with Gasteiger partial charge in [-0.1, -0.05) is 30.3 Å². The maximum absolute atomic E-state index is 11.6. The van der Waals surface area contributed by atoms with Crippen molar-refractivity contribution in [1.82, 2.24) is 4.90 Å². The summed E-state index contributed by atoms with van der Waals surface area (Å²) in [5.74, 6) is 0. The predicted octanol–water partition coefficient (Wildman–Crippen LogP) is 1.99.